The average Bonchev–Trinajstić information content (AvgIpc) is 2.93. The van der Waals surface area contributed by atoms with Crippen LogP contribution in [0.25, 0.3) is 11.0 Å². The summed E-state index contributed by atoms with van der Waals surface area (Å²) < 4.78 is 0. The summed E-state index contributed by atoms with van der Waals surface area (Å²) in [7, 11) is 0. The van der Waals surface area contributed by atoms with E-state index >= 15 is 0 Å². The number of nitrogens with one attached hydrogen (secondary N) is 1. The largest absolute Gasteiger partial charge is 0.307 e. The van der Waals surface area contributed by atoms with E-state index in [-0.39, 0.29) is 5.91 Å². The molecule has 0 aliphatic rings. The molecule has 0 saturated heterocycles. The number of benzene rings is 1. The van der Waals surface area contributed by atoms with E-state index in [0.717, 1.165) is 11.1 Å². The second kappa shape index (κ2) is 5.13. The van der Waals surface area contributed by atoms with Gasteiger partial charge in [-0.3, -0.25) is 9.89 Å². The van der Waals surface area contributed by atoms with Gasteiger partial charge in [-0.25, -0.2) is 4.98 Å². The van der Waals surface area contributed by atoms with Crippen LogP contribution < -0.4 is 4.90 Å². The van der Waals surface area contributed by atoms with Gasteiger partial charge in [0.05, 0.1) is 5.39 Å². The Kier molecular flexibility index (Phi) is 3.16. The monoisotopic (exact) mass is 266 g/mol. The van der Waals surface area contributed by atoms with E-state index in [9.17, 15) is 4.79 Å². The Bertz CT molecular complexity index is 736. The molecule has 0 fully saturated rings. The van der Waals surface area contributed by atoms with Gasteiger partial charge >= 0.3 is 0 Å². The highest BCUT2D eigenvalue weighted by Gasteiger charge is 2.20. The Hall–Kier alpha value is -2.69. The molecule has 0 radical (unpaired) electrons. The van der Waals surface area contributed by atoms with Crippen molar-refractivity contribution >= 4 is 22.6 Å². The molecular formula is C15H14N4O. The van der Waals surface area contributed by atoms with Gasteiger partial charge in [0, 0.05) is 18.4 Å². The number of rotatable bonds is 3. The number of aromatic amines is 1. The first-order valence-electron chi connectivity index (χ1n) is 6.47. The lowest BCUT2D eigenvalue weighted by Gasteiger charge is -2.20. The molecule has 0 aliphatic carbocycles. The van der Waals surface area contributed by atoms with E-state index in [1.165, 1.54) is 0 Å². The highest BCUT2D eigenvalue weighted by molar-refractivity contribution is 6.11. The fourth-order valence-corrected chi connectivity index (χ4v) is 2.20. The summed E-state index contributed by atoms with van der Waals surface area (Å²) in [5, 5.41) is 7.60. The zero-order chi connectivity index (χ0) is 13.9. The first-order chi connectivity index (χ1) is 9.81. The van der Waals surface area contributed by atoms with Gasteiger partial charge in [-0.1, -0.05) is 18.2 Å². The maximum Gasteiger partial charge on any atom is 0.276 e. The molecule has 20 heavy (non-hydrogen) atoms. The molecule has 0 atom stereocenters. The molecule has 3 rings (SSSR count). The van der Waals surface area contributed by atoms with Crippen LogP contribution in [0.5, 0.6) is 0 Å². The van der Waals surface area contributed by atoms with Crippen molar-refractivity contribution in [3.63, 3.8) is 0 Å². The fraction of sp³-hybridized carbons (Fsp3) is 0.133. The molecule has 0 spiro atoms. The smallest absolute Gasteiger partial charge is 0.276 e. The number of anilines is 1. The lowest BCUT2D eigenvalue weighted by atomic mass is 10.2. The van der Waals surface area contributed by atoms with Crippen LogP contribution in [0.3, 0.4) is 0 Å². The quantitative estimate of drug-likeness (QED) is 0.792. The number of H-pyrrole nitrogens is 1. The molecule has 0 aliphatic heterocycles. The third kappa shape index (κ3) is 2.03. The highest BCUT2D eigenvalue weighted by Crippen LogP contribution is 2.19. The van der Waals surface area contributed by atoms with Gasteiger partial charge in [0.1, 0.15) is 5.69 Å². The van der Waals surface area contributed by atoms with Crippen molar-refractivity contribution in [3.05, 3.63) is 54.4 Å². The number of para-hydroxylation sites is 1. The number of pyridine rings is 1. The van der Waals surface area contributed by atoms with E-state index in [2.05, 4.69) is 15.2 Å². The molecule has 1 amide bonds. The summed E-state index contributed by atoms with van der Waals surface area (Å²) in [6.07, 6.45) is 1.66. The number of carbonyl (C=O) groups excluding carboxylic acids is 1. The van der Waals surface area contributed by atoms with Gasteiger partial charge < -0.3 is 4.90 Å². The van der Waals surface area contributed by atoms with Crippen LogP contribution in [0, 0.1) is 0 Å². The topological polar surface area (TPSA) is 61.9 Å². The average molecular weight is 266 g/mol. The number of aromatic nitrogens is 3. The molecule has 2 heterocycles. The van der Waals surface area contributed by atoms with Gasteiger partial charge in [0.25, 0.3) is 5.91 Å². The van der Waals surface area contributed by atoms with Crippen LogP contribution in [0.1, 0.15) is 17.4 Å². The SMILES string of the molecule is CCN(C(=O)c1[nH]nc2ncccc12)c1ccccc1. The predicted octanol–water partition coefficient (Wildman–Crippen LogP) is 2.62. The van der Waals surface area contributed by atoms with Gasteiger partial charge in [0.15, 0.2) is 5.65 Å². The Balaban J connectivity index is 2.03. The summed E-state index contributed by atoms with van der Waals surface area (Å²) in [5.41, 5.74) is 1.89. The third-order valence-corrected chi connectivity index (χ3v) is 3.17. The van der Waals surface area contributed by atoms with Gasteiger partial charge in [0.2, 0.25) is 0 Å². The minimum absolute atomic E-state index is 0.103. The zero-order valence-electron chi connectivity index (χ0n) is 11.1. The lowest BCUT2D eigenvalue weighted by molar-refractivity contribution is 0.0985. The van der Waals surface area contributed by atoms with E-state index in [1.54, 1.807) is 17.2 Å². The minimum Gasteiger partial charge on any atom is -0.307 e. The third-order valence-electron chi connectivity index (χ3n) is 3.17. The van der Waals surface area contributed by atoms with Crippen molar-refractivity contribution in [3.8, 4) is 0 Å². The number of hydrogen-bond donors (Lipinski definition) is 1. The predicted molar refractivity (Wildman–Crippen MR) is 77.7 cm³/mol. The summed E-state index contributed by atoms with van der Waals surface area (Å²) in [4.78, 5) is 18.5. The zero-order valence-corrected chi connectivity index (χ0v) is 11.1. The van der Waals surface area contributed by atoms with E-state index < -0.39 is 0 Å². The Morgan fingerprint density at radius 3 is 2.75 bits per heavy atom. The maximum absolute atomic E-state index is 12.7. The van der Waals surface area contributed by atoms with Gasteiger partial charge in [-0.15, -0.1) is 0 Å². The number of carbonyl (C=O) groups is 1. The second-order valence-electron chi connectivity index (χ2n) is 4.36. The van der Waals surface area contributed by atoms with Crippen LogP contribution in [0.15, 0.2) is 48.7 Å². The molecule has 0 bridgehead atoms. The van der Waals surface area contributed by atoms with Crippen LogP contribution >= 0.6 is 0 Å². The van der Waals surface area contributed by atoms with E-state index in [0.29, 0.717) is 17.9 Å². The Labute approximate surface area is 116 Å². The number of amides is 1. The van der Waals surface area contributed by atoms with Crippen LogP contribution in [-0.2, 0) is 0 Å². The molecule has 1 N–H and O–H groups in total. The fourth-order valence-electron chi connectivity index (χ4n) is 2.20. The summed E-state index contributed by atoms with van der Waals surface area (Å²) >= 11 is 0. The molecule has 5 heteroatoms. The Morgan fingerprint density at radius 1 is 1.20 bits per heavy atom. The maximum atomic E-state index is 12.7. The molecular weight excluding hydrogens is 252 g/mol. The minimum atomic E-state index is -0.103. The van der Waals surface area contributed by atoms with Gasteiger partial charge in [-0.2, -0.15) is 5.10 Å². The second-order valence-corrected chi connectivity index (χ2v) is 4.36. The first kappa shape index (κ1) is 12.3. The first-order valence-corrected chi connectivity index (χ1v) is 6.47. The molecule has 100 valence electrons. The summed E-state index contributed by atoms with van der Waals surface area (Å²) in [6, 6.07) is 13.2. The van der Waals surface area contributed by atoms with Crippen molar-refractivity contribution in [2.45, 2.75) is 6.92 Å². The number of nitrogens with zero attached hydrogens (tertiary/aromatic N) is 3. The molecule has 0 unspecified atom stereocenters. The van der Waals surface area contributed by atoms with Crippen molar-refractivity contribution in [2.75, 3.05) is 11.4 Å². The Morgan fingerprint density at radius 2 is 2.00 bits per heavy atom. The molecule has 2 aromatic heterocycles. The normalized spacial score (nSPS) is 10.7. The molecule has 3 aromatic rings. The molecule has 5 nitrogen and oxygen atoms in total. The number of hydrogen-bond acceptors (Lipinski definition) is 3. The highest BCUT2D eigenvalue weighted by atomic mass is 16.2. The summed E-state index contributed by atoms with van der Waals surface area (Å²) in [6.45, 7) is 2.53. The van der Waals surface area contributed by atoms with Crippen molar-refractivity contribution in [1.29, 1.82) is 0 Å². The summed E-state index contributed by atoms with van der Waals surface area (Å²) in [5.74, 6) is -0.103. The van der Waals surface area contributed by atoms with Crippen molar-refractivity contribution in [2.24, 2.45) is 0 Å². The van der Waals surface area contributed by atoms with E-state index in [1.807, 2.05) is 43.3 Å². The molecule has 0 saturated carbocycles. The van der Waals surface area contributed by atoms with Crippen LogP contribution in [0.2, 0.25) is 0 Å². The van der Waals surface area contributed by atoms with Crippen LogP contribution in [0.4, 0.5) is 5.69 Å². The van der Waals surface area contributed by atoms with Crippen LogP contribution in [-0.4, -0.2) is 27.6 Å². The molecule has 1 aromatic carbocycles. The van der Waals surface area contributed by atoms with Crippen molar-refractivity contribution in [1.82, 2.24) is 15.2 Å². The van der Waals surface area contributed by atoms with E-state index in [4.69, 9.17) is 0 Å². The van der Waals surface area contributed by atoms with Crippen molar-refractivity contribution < 1.29 is 4.79 Å². The van der Waals surface area contributed by atoms with Gasteiger partial charge in [-0.05, 0) is 31.2 Å². The lowest BCUT2D eigenvalue weighted by Crippen LogP contribution is -2.31. The standard InChI is InChI=1S/C15H14N4O/c1-2-19(11-7-4-3-5-8-11)15(20)13-12-9-6-10-16-14(12)18-17-13/h3-10H,2H2,1H3,(H,16,17,18). The number of fused-ring (bicyclic) bond motifs is 1.